The van der Waals surface area contributed by atoms with Crippen LogP contribution < -0.4 is 0 Å². The van der Waals surface area contributed by atoms with Crippen LogP contribution in [-0.4, -0.2) is 39.1 Å². The van der Waals surface area contributed by atoms with Crippen LogP contribution in [0.5, 0.6) is 0 Å². The van der Waals surface area contributed by atoms with E-state index in [1.165, 1.54) is 19.3 Å². The number of amides is 1. The van der Waals surface area contributed by atoms with Gasteiger partial charge in [0.15, 0.2) is 0 Å². The molecule has 0 spiro atoms. The number of rotatable bonds is 2. The van der Waals surface area contributed by atoms with Crippen molar-refractivity contribution >= 4 is 23.6 Å². The van der Waals surface area contributed by atoms with Crippen molar-refractivity contribution in [1.82, 2.24) is 4.90 Å². The van der Waals surface area contributed by atoms with Crippen LogP contribution in [0.4, 0.5) is 0 Å². The van der Waals surface area contributed by atoms with E-state index in [0.717, 1.165) is 12.8 Å². The molecule has 2 aliphatic rings. The highest BCUT2D eigenvalue weighted by Gasteiger charge is 2.47. The molecule has 1 aliphatic carbocycles. The number of hydrogen-bond acceptors (Lipinski definition) is 3. The van der Waals surface area contributed by atoms with Gasteiger partial charge in [0.1, 0.15) is 6.04 Å². The minimum Gasteiger partial charge on any atom is -0.480 e. The van der Waals surface area contributed by atoms with Crippen LogP contribution >= 0.6 is 11.8 Å². The van der Waals surface area contributed by atoms with Gasteiger partial charge in [-0.1, -0.05) is 40.0 Å². The maximum Gasteiger partial charge on any atom is 0.327 e. The van der Waals surface area contributed by atoms with Crippen molar-refractivity contribution in [1.29, 1.82) is 0 Å². The zero-order valence-electron chi connectivity index (χ0n) is 12.6. The standard InChI is InChI=1S/C15H25NO3S/c1-15(2,3)14(19)16-11(13(17)18)9-20-12(16)10-7-5-4-6-8-10/h10-12H,4-9H2,1-3H3,(H,17,18)/t11-,12+/m1/s1. The maximum absolute atomic E-state index is 12.7. The molecular weight excluding hydrogens is 274 g/mol. The number of carboxylic acid groups (broad SMARTS) is 1. The van der Waals surface area contributed by atoms with Crippen LogP contribution in [0.1, 0.15) is 52.9 Å². The monoisotopic (exact) mass is 299 g/mol. The third-order valence-corrected chi connectivity index (χ3v) is 5.71. The zero-order valence-corrected chi connectivity index (χ0v) is 13.4. The fraction of sp³-hybridized carbons (Fsp3) is 0.867. The Bertz CT molecular complexity index is 385. The number of nitrogens with zero attached hydrogens (tertiary/aromatic N) is 1. The van der Waals surface area contributed by atoms with Gasteiger partial charge in [-0.05, 0) is 18.8 Å². The lowest BCUT2D eigenvalue weighted by Gasteiger charge is -2.37. The Balaban J connectivity index is 2.22. The molecule has 1 heterocycles. The summed E-state index contributed by atoms with van der Waals surface area (Å²) in [7, 11) is 0. The summed E-state index contributed by atoms with van der Waals surface area (Å²) in [5, 5.41) is 9.47. The minimum absolute atomic E-state index is 0.0227. The van der Waals surface area contributed by atoms with E-state index in [1.807, 2.05) is 20.8 Å². The van der Waals surface area contributed by atoms with Crippen LogP contribution in [-0.2, 0) is 9.59 Å². The normalized spacial score (nSPS) is 28.6. The number of hydrogen-bond donors (Lipinski definition) is 1. The summed E-state index contributed by atoms with van der Waals surface area (Å²) in [6.45, 7) is 5.61. The molecule has 0 aromatic rings. The van der Waals surface area contributed by atoms with Crippen molar-refractivity contribution in [2.45, 2.75) is 64.3 Å². The maximum atomic E-state index is 12.7. The summed E-state index contributed by atoms with van der Waals surface area (Å²) >= 11 is 1.66. The zero-order chi connectivity index (χ0) is 14.9. The Morgan fingerprint density at radius 2 is 1.75 bits per heavy atom. The van der Waals surface area contributed by atoms with Gasteiger partial charge in [-0.15, -0.1) is 11.8 Å². The van der Waals surface area contributed by atoms with Crippen LogP contribution in [0, 0.1) is 11.3 Å². The highest BCUT2D eigenvalue weighted by Crippen LogP contribution is 2.42. The molecule has 114 valence electrons. The molecule has 1 saturated carbocycles. The van der Waals surface area contributed by atoms with E-state index in [-0.39, 0.29) is 11.3 Å². The first kappa shape index (κ1) is 15.7. The van der Waals surface area contributed by atoms with Crippen molar-refractivity contribution in [3.05, 3.63) is 0 Å². The molecule has 0 bridgehead atoms. The minimum atomic E-state index is -0.867. The highest BCUT2D eigenvalue weighted by molar-refractivity contribution is 8.00. The summed E-state index contributed by atoms with van der Waals surface area (Å²) in [5.74, 6) is 0.0986. The van der Waals surface area contributed by atoms with Gasteiger partial charge in [0, 0.05) is 11.2 Å². The smallest absolute Gasteiger partial charge is 0.327 e. The third-order valence-electron chi connectivity index (χ3n) is 4.25. The van der Waals surface area contributed by atoms with Gasteiger partial charge in [-0.25, -0.2) is 4.79 Å². The van der Waals surface area contributed by atoms with Crippen molar-refractivity contribution in [3.63, 3.8) is 0 Å². The Labute approximate surface area is 125 Å². The molecule has 2 rings (SSSR count). The Kier molecular flexibility index (Phi) is 4.67. The second-order valence-electron chi connectivity index (χ2n) is 6.94. The summed E-state index contributed by atoms with van der Waals surface area (Å²) < 4.78 is 0. The Morgan fingerprint density at radius 1 is 1.15 bits per heavy atom. The largest absolute Gasteiger partial charge is 0.480 e. The number of thioether (sulfide) groups is 1. The van der Waals surface area contributed by atoms with Crippen LogP contribution in [0.15, 0.2) is 0 Å². The molecule has 1 amide bonds. The van der Waals surface area contributed by atoms with Crippen molar-refractivity contribution in [2.75, 3.05) is 5.75 Å². The molecule has 4 nitrogen and oxygen atoms in total. The van der Waals surface area contributed by atoms with Crippen molar-refractivity contribution in [2.24, 2.45) is 11.3 Å². The molecule has 2 atom stereocenters. The topological polar surface area (TPSA) is 57.6 Å². The summed E-state index contributed by atoms with van der Waals surface area (Å²) in [5.41, 5.74) is -0.522. The van der Waals surface area contributed by atoms with E-state index in [9.17, 15) is 14.7 Å². The first-order valence-corrected chi connectivity index (χ1v) is 8.54. The second kappa shape index (κ2) is 5.96. The van der Waals surface area contributed by atoms with Gasteiger partial charge in [0.2, 0.25) is 5.91 Å². The second-order valence-corrected chi connectivity index (χ2v) is 8.09. The predicted octanol–water partition coefficient (Wildman–Crippen LogP) is 2.97. The van der Waals surface area contributed by atoms with Gasteiger partial charge >= 0.3 is 5.97 Å². The van der Waals surface area contributed by atoms with Crippen LogP contribution in [0.2, 0.25) is 0 Å². The van der Waals surface area contributed by atoms with Gasteiger partial charge < -0.3 is 10.0 Å². The van der Waals surface area contributed by atoms with Crippen LogP contribution in [0.25, 0.3) is 0 Å². The predicted molar refractivity (Wildman–Crippen MR) is 80.5 cm³/mol. The first-order chi connectivity index (χ1) is 9.32. The summed E-state index contributed by atoms with van der Waals surface area (Å²) in [6.07, 6.45) is 5.92. The van der Waals surface area contributed by atoms with Crippen molar-refractivity contribution < 1.29 is 14.7 Å². The molecule has 1 saturated heterocycles. The van der Waals surface area contributed by atoms with Crippen LogP contribution in [0.3, 0.4) is 0 Å². The molecule has 5 heteroatoms. The van der Waals surface area contributed by atoms with Crippen molar-refractivity contribution in [3.8, 4) is 0 Å². The average molecular weight is 299 g/mol. The molecule has 0 aromatic heterocycles. The van der Waals surface area contributed by atoms with Gasteiger partial charge in [-0.3, -0.25) is 4.79 Å². The quantitative estimate of drug-likeness (QED) is 0.851. The lowest BCUT2D eigenvalue weighted by molar-refractivity contribution is -0.153. The van der Waals surface area contributed by atoms with E-state index >= 15 is 0 Å². The van der Waals surface area contributed by atoms with Gasteiger partial charge in [0.25, 0.3) is 0 Å². The third kappa shape index (κ3) is 3.13. The molecular formula is C15H25NO3S. The lowest BCUT2D eigenvalue weighted by atomic mass is 9.87. The molecule has 0 unspecified atom stereocenters. The molecule has 0 radical (unpaired) electrons. The average Bonchev–Trinajstić information content (AvgIpc) is 2.82. The first-order valence-electron chi connectivity index (χ1n) is 7.49. The van der Waals surface area contributed by atoms with E-state index in [4.69, 9.17) is 0 Å². The fourth-order valence-corrected chi connectivity index (χ4v) is 4.78. The molecule has 1 N–H and O–H groups in total. The van der Waals surface area contributed by atoms with Gasteiger partial charge in [-0.2, -0.15) is 0 Å². The number of aliphatic carboxylic acids is 1. The molecule has 20 heavy (non-hydrogen) atoms. The molecule has 2 fully saturated rings. The Morgan fingerprint density at radius 3 is 2.25 bits per heavy atom. The lowest BCUT2D eigenvalue weighted by Crippen LogP contribution is -2.51. The van der Waals surface area contributed by atoms with E-state index in [2.05, 4.69) is 0 Å². The van der Waals surface area contributed by atoms with E-state index in [1.54, 1.807) is 16.7 Å². The summed E-state index contributed by atoms with van der Waals surface area (Å²) in [4.78, 5) is 25.8. The molecule has 0 aromatic carbocycles. The van der Waals surface area contributed by atoms with E-state index in [0.29, 0.717) is 11.7 Å². The number of carbonyl (C=O) groups excluding carboxylic acids is 1. The Hall–Kier alpha value is -0.710. The highest BCUT2D eigenvalue weighted by atomic mass is 32.2. The van der Waals surface area contributed by atoms with E-state index < -0.39 is 17.4 Å². The number of carbonyl (C=O) groups is 2. The van der Waals surface area contributed by atoms with Gasteiger partial charge in [0.05, 0.1) is 5.37 Å². The summed E-state index contributed by atoms with van der Waals surface area (Å²) in [6, 6.07) is -0.654. The fourth-order valence-electron chi connectivity index (χ4n) is 3.14. The SMILES string of the molecule is CC(C)(C)C(=O)N1[C@@H](C(=O)O)CS[C@H]1C1CCCCC1. The molecule has 1 aliphatic heterocycles. The number of carboxylic acids is 1.